The number of aliphatic imine (C=N–C) groups is 1. The Balaban J connectivity index is 0.00000289. The number of nitrogens with one attached hydrogen (secondary N) is 2. The van der Waals surface area contributed by atoms with E-state index in [1.54, 1.807) is 12.1 Å². The average Bonchev–Trinajstić information content (AvgIpc) is 2.76. The smallest absolute Gasteiger partial charge is 0.243 e. The molecule has 2 aromatic rings. The highest BCUT2D eigenvalue weighted by Crippen LogP contribution is 2.29. The molecule has 2 aromatic carbocycles. The van der Waals surface area contributed by atoms with Crippen LogP contribution in [0, 0.1) is 11.6 Å². The van der Waals surface area contributed by atoms with Crippen LogP contribution in [0.4, 0.5) is 8.78 Å². The van der Waals surface area contributed by atoms with Gasteiger partial charge in [-0.15, -0.1) is 12.4 Å². The minimum atomic E-state index is -3.69. The topological polar surface area (TPSA) is 73.8 Å². The van der Waals surface area contributed by atoms with Crippen LogP contribution in [-0.2, 0) is 16.6 Å². The molecular weight excluding hydrogens is 481 g/mol. The molecule has 1 fully saturated rings. The molecule has 0 amide bonds. The van der Waals surface area contributed by atoms with Crippen LogP contribution in [0.5, 0.6) is 0 Å². The number of benzene rings is 2. The number of nitrogens with zero attached hydrogens (tertiary/aromatic N) is 2. The van der Waals surface area contributed by atoms with Gasteiger partial charge in [0.2, 0.25) is 10.0 Å². The lowest BCUT2D eigenvalue weighted by atomic mass is 9.85. The molecule has 2 aliphatic rings. The first-order chi connectivity index (χ1) is 14.8. The van der Waals surface area contributed by atoms with Gasteiger partial charge in [0.15, 0.2) is 0 Å². The van der Waals surface area contributed by atoms with E-state index in [-0.39, 0.29) is 22.3 Å². The summed E-state index contributed by atoms with van der Waals surface area (Å²) in [7, 11) is -3.69. The van der Waals surface area contributed by atoms with Crippen molar-refractivity contribution in [3.8, 4) is 0 Å². The number of sulfonamides is 1. The molecule has 1 saturated heterocycles. The molecule has 6 nitrogen and oxygen atoms in total. The quantitative estimate of drug-likeness (QED) is 0.669. The number of hydrogen-bond acceptors (Lipinski definition) is 5. The average molecular weight is 505 g/mol. The summed E-state index contributed by atoms with van der Waals surface area (Å²) >= 11 is 5.87. The zero-order valence-corrected chi connectivity index (χ0v) is 19.5. The summed E-state index contributed by atoms with van der Waals surface area (Å²) in [6.45, 7) is 2.38. The normalized spacial score (nSPS) is 18.7. The Morgan fingerprint density at radius 1 is 1.12 bits per heavy atom. The maximum absolute atomic E-state index is 13.4. The zero-order valence-electron chi connectivity index (χ0n) is 17.2. The second-order valence-electron chi connectivity index (χ2n) is 7.70. The Hall–Kier alpha value is -1.78. The minimum absolute atomic E-state index is 0. The highest BCUT2D eigenvalue weighted by atomic mass is 35.5. The van der Waals surface area contributed by atoms with E-state index in [0.717, 1.165) is 23.5 Å². The van der Waals surface area contributed by atoms with Gasteiger partial charge >= 0.3 is 0 Å². The molecule has 0 atom stereocenters. The fourth-order valence-corrected chi connectivity index (χ4v) is 5.68. The van der Waals surface area contributed by atoms with Crippen molar-refractivity contribution >= 4 is 39.9 Å². The van der Waals surface area contributed by atoms with Gasteiger partial charge in [0.05, 0.1) is 22.0 Å². The van der Waals surface area contributed by atoms with Gasteiger partial charge in [0, 0.05) is 26.2 Å². The third kappa shape index (κ3) is 5.07. The summed E-state index contributed by atoms with van der Waals surface area (Å²) in [5, 5.41) is 6.91. The molecule has 0 radical (unpaired) electrons. The second kappa shape index (κ2) is 10.0. The molecule has 2 aliphatic heterocycles. The van der Waals surface area contributed by atoms with E-state index in [1.807, 2.05) is 0 Å². The van der Waals surface area contributed by atoms with Crippen molar-refractivity contribution in [2.75, 3.05) is 26.2 Å². The van der Waals surface area contributed by atoms with Crippen molar-refractivity contribution < 1.29 is 17.2 Å². The maximum atomic E-state index is 13.4. The first kappa shape index (κ1) is 24.9. The van der Waals surface area contributed by atoms with E-state index >= 15 is 0 Å². The fraction of sp³-hybridized carbons (Fsp3) is 0.381. The molecule has 0 aliphatic carbocycles. The summed E-state index contributed by atoms with van der Waals surface area (Å²) < 4.78 is 53.8. The lowest BCUT2D eigenvalue weighted by molar-refractivity contribution is 0.241. The molecule has 0 aromatic heterocycles. The molecule has 0 saturated carbocycles. The SMILES string of the molecule is Cl.O=S(=O)(c1ccc(F)cc1)N1CCC2(CC1)NCCN=C2NCc1ccc(F)c(Cl)c1. The van der Waals surface area contributed by atoms with Crippen molar-refractivity contribution in [1.29, 1.82) is 0 Å². The van der Waals surface area contributed by atoms with Crippen molar-refractivity contribution in [2.24, 2.45) is 4.99 Å². The maximum Gasteiger partial charge on any atom is 0.243 e. The van der Waals surface area contributed by atoms with E-state index in [1.165, 1.54) is 22.5 Å². The molecular formula is C21H24Cl2F2N4O2S. The van der Waals surface area contributed by atoms with Crippen LogP contribution in [0.25, 0.3) is 0 Å². The molecule has 4 rings (SSSR count). The van der Waals surface area contributed by atoms with Gasteiger partial charge in [-0.25, -0.2) is 17.2 Å². The Bertz CT molecular complexity index is 1090. The van der Waals surface area contributed by atoms with E-state index in [2.05, 4.69) is 15.6 Å². The Morgan fingerprint density at radius 2 is 1.81 bits per heavy atom. The molecule has 11 heteroatoms. The first-order valence-electron chi connectivity index (χ1n) is 10.0. The summed E-state index contributed by atoms with van der Waals surface area (Å²) in [5.74, 6) is -0.163. The number of piperidine rings is 1. The third-order valence-corrected chi connectivity index (χ3v) is 7.97. The number of amidine groups is 1. The Labute approximate surface area is 197 Å². The second-order valence-corrected chi connectivity index (χ2v) is 10.0. The van der Waals surface area contributed by atoms with Crippen molar-refractivity contribution in [2.45, 2.75) is 29.8 Å². The molecule has 2 heterocycles. The van der Waals surface area contributed by atoms with Gasteiger partial charge in [-0.1, -0.05) is 17.7 Å². The Morgan fingerprint density at radius 3 is 2.47 bits per heavy atom. The van der Waals surface area contributed by atoms with Gasteiger partial charge < -0.3 is 10.6 Å². The summed E-state index contributed by atoms with van der Waals surface area (Å²) in [6, 6.07) is 9.44. The standard InChI is InChI=1S/C21H23ClF2N4O2S.ClH/c22-18-13-15(1-6-19(18)24)14-26-20-21(27-10-9-25-20)7-11-28(12-8-21)31(29,30)17-4-2-16(23)3-5-17;/h1-6,13,27H,7-12,14H2,(H,25,26);1H. The van der Waals surface area contributed by atoms with Crippen LogP contribution in [0.2, 0.25) is 5.02 Å². The van der Waals surface area contributed by atoms with Crippen molar-refractivity contribution in [1.82, 2.24) is 14.9 Å². The predicted molar refractivity (Wildman–Crippen MR) is 123 cm³/mol. The molecule has 1 spiro atoms. The van der Waals surface area contributed by atoms with Gasteiger partial charge in [0.1, 0.15) is 17.5 Å². The van der Waals surface area contributed by atoms with Crippen LogP contribution in [0.15, 0.2) is 52.4 Å². The largest absolute Gasteiger partial charge is 0.368 e. The fourth-order valence-electron chi connectivity index (χ4n) is 4.04. The van der Waals surface area contributed by atoms with E-state index in [0.29, 0.717) is 45.6 Å². The zero-order chi connectivity index (χ0) is 22.1. The highest BCUT2D eigenvalue weighted by Gasteiger charge is 2.43. The molecule has 32 heavy (non-hydrogen) atoms. The van der Waals surface area contributed by atoms with Gasteiger partial charge in [-0.05, 0) is 54.8 Å². The van der Waals surface area contributed by atoms with E-state index < -0.39 is 27.2 Å². The van der Waals surface area contributed by atoms with Crippen LogP contribution < -0.4 is 10.6 Å². The van der Waals surface area contributed by atoms with Crippen LogP contribution in [0.3, 0.4) is 0 Å². The van der Waals surface area contributed by atoms with Gasteiger partial charge in [-0.3, -0.25) is 4.99 Å². The predicted octanol–water partition coefficient (Wildman–Crippen LogP) is 3.35. The van der Waals surface area contributed by atoms with E-state index in [4.69, 9.17) is 11.6 Å². The highest BCUT2D eigenvalue weighted by molar-refractivity contribution is 7.89. The third-order valence-electron chi connectivity index (χ3n) is 5.77. The summed E-state index contributed by atoms with van der Waals surface area (Å²) in [4.78, 5) is 4.73. The van der Waals surface area contributed by atoms with Crippen molar-refractivity contribution in [3.05, 3.63) is 64.7 Å². The molecule has 2 N–H and O–H groups in total. The Kier molecular flexibility index (Phi) is 7.77. The van der Waals surface area contributed by atoms with E-state index in [9.17, 15) is 17.2 Å². The summed E-state index contributed by atoms with van der Waals surface area (Å²) in [6.07, 6.45) is 1.09. The molecule has 0 unspecified atom stereocenters. The van der Waals surface area contributed by atoms with Crippen LogP contribution >= 0.6 is 24.0 Å². The first-order valence-corrected chi connectivity index (χ1v) is 11.9. The lowest BCUT2D eigenvalue weighted by Gasteiger charge is -2.44. The molecule has 0 bridgehead atoms. The number of halogens is 4. The van der Waals surface area contributed by atoms with Crippen LogP contribution in [-0.4, -0.2) is 50.3 Å². The number of hydrogen-bond donors (Lipinski definition) is 2. The minimum Gasteiger partial charge on any atom is -0.368 e. The number of rotatable bonds is 4. The van der Waals surface area contributed by atoms with Crippen molar-refractivity contribution in [3.63, 3.8) is 0 Å². The monoisotopic (exact) mass is 504 g/mol. The van der Waals surface area contributed by atoms with Gasteiger partial charge in [-0.2, -0.15) is 4.31 Å². The summed E-state index contributed by atoms with van der Waals surface area (Å²) in [5.41, 5.74) is 0.378. The molecule has 174 valence electrons. The van der Waals surface area contributed by atoms with Gasteiger partial charge in [0.25, 0.3) is 0 Å². The lowest BCUT2D eigenvalue weighted by Crippen LogP contribution is -2.64. The van der Waals surface area contributed by atoms with Crippen LogP contribution in [0.1, 0.15) is 18.4 Å².